The van der Waals surface area contributed by atoms with Gasteiger partial charge in [-0.2, -0.15) is 4.98 Å². The van der Waals surface area contributed by atoms with Crippen LogP contribution >= 0.6 is 0 Å². The summed E-state index contributed by atoms with van der Waals surface area (Å²) >= 11 is 0. The third kappa shape index (κ3) is 3.77. The number of alkyl halides is 1. The fourth-order valence-electron chi connectivity index (χ4n) is 3.24. The van der Waals surface area contributed by atoms with Gasteiger partial charge in [0.1, 0.15) is 6.61 Å². The fraction of sp³-hybridized carbons (Fsp3) is 0.526. The number of aromatic nitrogens is 2. The topological polar surface area (TPSA) is 68.5 Å². The molecule has 0 radical (unpaired) electrons. The summed E-state index contributed by atoms with van der Waals surface area (Å²) in [6.07, 6.45) is 2.90. The average Bonchev–Trinajstić information content (AvgIpc) is 3.38. The van der Waals surface area contributed by atoms with Crippen LogP contribution in [0.3, 0.4) is 0 Å². The maximum Gasteiger partial charge on any atom is 0.266 e. The molecule has 1 unspecified atom stereocenters. The van der Waals surface area contributed by atoms with Crippen molar-refractivity contribution < 1.29 is 18.4 Å². The first-order valence-electron chi connectivity index (χ1n) is 9.06. The van der Waals surface area contributed by atoms with Crippen LogP contribution in [-0.4, -0.2) is 40.6 Å². The summed E-state index contributed by atoms with van der Waals surface area (Å²) in [5.74, 6) is 0.683. The van der Waals surface area contributed by atoms with Crippen LogP contribution in [0.2, 0.25) is 0 Å². The van der Waals surface area contributed by atoms with E-state index in [9.17, 15) is 4.79 Å². The van der Waals surface area contributed by atoms with E-state index in [1.54, 1.807) is 0 Å². The molecule has 1 saturated carbocycles. The SMILES string of the molecule is O=C(COCc1ccccc1)N1CCCC(F)(c2nc(C3CC3)no2)C1. The van der Waals surface area contributed by atoms with Crippen molar-refractivity contribution >= 4 is 5.91 Å². The monoisotopic (exact) mass is 359 g/mol. The molecule has 2 aliphatic rings. The fourth-order valence-corrected chi connectivity index (χ4v) is 3.24. The van der Waals surface area contributed by atoms with Crippen molar-refractivity contribution in [3.8, 4) is 0 Å². The maximum atomic E-state index is 15.4. The second-order valence-electron chi connectivity index (χ2n) is 7.09. The molecule has 1 aliphatic heterocycles. The van der Waals surface area contributed by atoms with E-state index < -0.39 is 5.67 Å². The smallest absolute Gasteiger partial charge is 0.266 e. The van der Waals surface area contributed by atoms with E-state index in [1.165, 1.54) is 4.90 Å². The second kappa shape index (κ2) is 7.15. The highest BCUT2D eigenvalue weighted by molar-refractivity contribution is 5.77. The molecular formula is C19H22FN3O3. The number of carbonyl (C=O) groups excluding carboxylic acids is 1. The minimum Gasteiger partial charge on any atom is -0.367 e. The Bertz CT molecular complexity index is 762. The Labute approximate surface area is 151 Å². The zero-order chi connectivity index (χ0) is 18.0. The lowest BCUT2D eigenvalue weighted by Crippen LogP contribution is -2.47. The van der Waals surface area contributed by atoms with Gasteiger partial charge in [-0.25, -0.2) is 4.39 Å². The minimum absolute atomic E-state index is 0.00195. The summed E-state index contributed by atoms with van der Waals surface area (Å²) in [4.78, 5) is 18.1. The number of piperidine rings is 1. The number of hydrogen-bond donors (Lipinski definition) is 0. The largest absolute Gasteiger partial charge is 0.367 e. The number of likely N-dealkylation sites (tertiary alicyclic amines) is 1. The number of carbonyl (C=O) groups is 1. The number of amides is 1. The quantitative estimate of drug-likeness (QED) is 0.793. The van der Waals surface area contributed by atoms with Crippen molar-refractivity contribution in [2.45, 2.75) is 43.9 Å². The van der Waals surface area contributed by atoms with Gasteiger partial charge in [0.2, 0.25) is 11.6 Å². The van der Waals surface area contributed by atoms with E-state index in [-0.39, 0.29) is 31.4 Å². The summed E-state index contributed by atoms with van der Waals surface area (Å²) in [5, 5.41) is 3.90. The van der Waals surface area contributed by atoms with E-state index in [4.69, 9.17) is 9.26 Å². The first-order valence-corrected chi connectivity index (χ1v) is 9.06. The standard InChI is InChI=1S/C19H22FN3O3/c20-19(18-21-17(22-26-18)15-7-8-15)9-4-10-23(13-19)16(24)12-25-11-14-5-2-1-3-6-14/h1-3,5-6,15H,4,7-13H2. The van der Waals surface area contributed by atoms with E-state index in [0.29, 0.717) is 31.3 Å². The van der Waals surface area contributed by atoms with Gasteiger partial charge in [-0.3, -0.25) is 4.79 Å². The molecule has 7 heteroatoms. The van der Waals surface area contributed by atoms with Gasteiger partial charge >= 0.3 is 0 Å². The number of nitrogens with zero attached hydrogens (tertiary/aromatic N) is 3. The third-order valence-electron chi connectivity index (χ3n) is 4.90. The number of hydrogen-bond acceptors (Lipinski definition) is 5. The van der Waals surface area contributed by atoms with Gasteiger partial charge in [-0.15, -0.1) is 0 Å². The van der Waals surface area contributed by atoms with Crippen LogP contribution in [0.5, 0.6) is 0 Å². The van der Waals surface area contributed by atoms with Gasteiger partial charge in [0, 0.05) is 12.5 Å². The summed E-state index contributed by atoms with van der Waals surface area (Å²) in [7, 11) is 0. The Morgan fingerprint density at radius 2 is 2.15 bits per heavy atom. The zero-order valence-electron chi connectivity index (χ0n) is 14.6. The molecule has 1 atom stereocenters. The lowest BCUT2D eigenvalue weighted by atomic mass is 9.94. The first-order chi connectivity index (χ1) is 12.6. The first kappa shape index (κ1) is 17.1. The van der Waals surface area contributed by atoms with Crippen molar-refractivity contribution in [2.75, 3.05) is 19.7 Å². The van der Waals surface area contributed by atoms with Crippen LogP contribution in [-0.2, 0) is 21.8 Å². The highest BCUT2D eigenvalue weighted by Gasteiger charge is 2.44. The summed E-state index contributed by atoms with van der Waals surface area (Å²) in [5.41, 5.74) is -0.773. The lowest BCUT2D eigenvalue weighted by Gasteiger charge is -2.35. The second-order valence-corrected chi connectivity index (χ2v) is 7.09. The van der Waals surface area contributed by atoms with Crippen molar-refractivity contribution in [3.05, 3.63) is 47.6 Å². The molecule has 1 aromatic carbocycles. The van der Waals surface area contributed by atoms with Gasteiger partial charge in [-0.05, 0) is 31.2 Å². The predicted octanol–water partition coefficient (Wildman–Crippen LogP) is 2.95. The number of benzene rings is 1. The van der Waals surface area contributed by atoms with E-state index >= 15 is 4.39 Å². The van der Waals surface area contributed by atoms with E-state index in [2.05, 4.69) is 10.1 Å². The molecular weight excluding hydrogens is 337 g/mol. The molecule has 6 nitrogen and oxygen atoms in total. The number of rotatable bonds is 6. The van der Waals surface area contributed by atoms with Crippen molar-refractivity contribution in [1.82, 2.24) is 15.0 Å². The van der Waals surface area contributed by atoms with Gasteiger partial charge in [0.05, 0.1) is 13.2 Å². The lowest BCUT2D eigenvalue weighted by molar-refractivity contribution is -0.141. The van der Waals surface area contributed by atoms with Crippen LogP contribution in [0.15, 0.2) is 34.9 Å². The summed E-state index contributed by atoms with van der Waals surface area (Å²) in [6, 6.07) is 9.64. The highest BCUT2D eigenvalue weighted by Crippen LogP contribution is 2.40. The molecule has 1 saturated heterocycles. The maximum absolute atomic E-state index is 15.4. The Balaban J connectivity index is 1.33. The molecule has 2 fully saturated rings. The molecule has 138 valence electrons. The Kier molecular flexibility index (Phi) is 4.72. The van der Waals surface area contributed by atoms with Gasteiger partial charge < -0.3 is 14.2 Å². The van der Waals surface area contributed by atoms with Crippen LogP contribution in [0.4, 0.5) is 4.39 Å². The van der Waals surface area contributed by atoms with Gasteiger partial charge in [-0.1, -0.05) is 35.5 Å². The molecule has 4 rings (SSSR count). The van der Waals surface area contributed by atoms with Crippen LogP contribution < -0.4 is 0 Å². The number of halogens is 1. The van der Waals surface area contributed by atoms with Crippen LogP contribution in [0.25, 0.3) is 0 Å². The third-order valence-corrected chi connectivity index (χ3v) is 4.90. The molecule has 0 N–H and O–H groups in total. The molecule has 0 spiro atoms. The van der Waals surface area contributed by atoms with Crippen LogP contribution in [0, 0.1) is 0 Å². The molecule has 1 amide bonds. The zero-order valence-corrected chi connectivity index (χ0v) is 14.6. The molecule has 1 aliphatic carbocycles. The van der Waals surface area contributed by atoms with E-state index in [0.717, 1.165) is 18.4 Å². The van der Waals surface area contributed by atoms with Crippen LogP contribution in [0.1, 0.15) is 48.9 Å². The van der Waals surface area contributed by atoms with Crippen molar-refractivity contribution in [3.63, 3.8) is 0 Å². The van der Waals surface area contributed by atoms with Gasteiger partial charge in [0.15, 0.2) is 5.82 Å². The highest BCUT2D eigenvalue weighted by atomic mass is 19.1. The van der Waals surface area contributed by atoms with Gasteiger partial charge in [0.25, 0.3) is 5.89 Å². The average molecular weight is 359 g/mol. The summed E-state index contributed by atoms with van der Waals surface area (Å²) < 4.78 is 26.0. The van der Waals surface area contributed by atoms with Crippen molar-refractivity contribution in [1.29, 1.82) is 0 Å². The Hall–Kier alpha value is -2.28. The Morgan fingerprint density at radius 3 is 2.92 bits per heavy atom. The van der Waals surface area contributed by atoms with E-state index in [1.807, 2.05) is 30.3 Å². The predicted molar refractivity (Wildman–Crippen MR) is 91.0 cm³/mol. The number of ether oxygens (including phenoxy) is 1. The molecule has 26 heavy (non-hydrogen) atoms. The molecule has 1 aromatic heterocycles. The molecule has 2 aromatic rings. The minimum atomic E-state index is -1.77. The molecule has 0 bridgehead atoms. The summed E-state index contributed by atoms with van der Waals surface area (Å²) in [6.45, 7) is 0.743. The normalized spacial score (nSPS) is 23.2. The Morgan fingerprint density at radius 1 is 1.35 bits per heavy atom. The molecule has 2 heterocycles. The van der Waals surface area contributed by atoms with Crippen molar-refractivity contribution in [2.24, 2.45) is 0 Å².